The van der Waals surface area contributed by atoms with Crippen LogP contribution in [0.25, 0.3) is 0 Å². The minimum Gasteiger partial charge on any atom is -0.338 e. The number of benzene rings is 1. The van der Waals surface area contributed by atoms with Gasteiger partial charge in [0.05, 0.1) is 0 Å². The topological polar surface area (TPSA) is 40.6 Å². The van der Waals surface area contributed by atoms with Crippen molar-refractivity contribution in [1.29, 1.82) is 0 Å². The Morgan fingerprint density at radius 2 is 1.73 bits per heavy atom. The Balaban J connectivity index is 2.91. The van der Waals surface area contributed by atoms with Crippen molar-refractivity contribution in [3.63, 3.8) is 0 Å². The van der Waals surface area contributed by atoms with Gasteiger partial charge in [-0.3, -0.25) is 9.59 Å². The van der Waals surface area contributed by atoms with Crippen LogP contribution in [0.4, 0.5) is 5.69 Å². The van der Waals surface area contributed by atoms with E-state index in [0.717, 1.165) is 5.69 Å². The smallest absolute Gasteiger partial charge is 0.253 e. The molecule has 0 spiro atoms. The normalized spacial score (nSPS) is 11.0. The van der Waals surface area contributed by atoms with E-state index in [4.69, 9.17) is 0 Å². The monoisotopic (exact) mass is 302 g/mol. The molecular formula is C18H26N2O2. The van der Waals surface area contributed by atoms with E-state index in [9.17, 15) is 9.59 Å². The number of rotatable bonds is 5. The van der Waals surface area contributed by atoms with Crippen molar-refractivity contribution in [1.82, 2.24) is 4.90 Å². The van der Waals surface area contributed by atoms with E-state index < -0.39 is 0 Å². The van der Waals surface area contributed by atoms with Crippen molar-refractivity contribution in [2.75, 3.05) is 25.0 Å². The average molecular weight is 302 g/mol. The highest BCUT2D eigenvalue weighted by Crippen LogP contribution is 2.19. The summed E-state index contributed by atoms with van der Waals surface area (Å²) in [4.78, 5) is 27.5. The summed E-state index contributed by atoms with van der Waals surface area (Å²) in [7, 11) is 1.68. The van der Waals surface area contributed by atoms with Crippen LogP contribution >= 0.6 is 0 Å². The lowest BCUT2D eigenvalue weighted by Crippen LogP contribution is -2.37. The van der Waals surface area contributed by atoms with Crippen LogP contribution in [0.1, 0.15) is 38.1 Å². The molecule has 4 heteroatoms. The molecule has 1 aromatic carbocycles. The van der Waals surface area contributed by atoms with Crippen LogP contribution in [0.15, 0.2) is 36.9 Å². The van der Waals surface area contributed by atoms with Gasteiger partial charge in [-0.15, -0.1) is 0 Å². The molecule has 0 aliphatic heterocycles. The van der Waals surface area contributed by atoms with Gasteiger partial charge in [-0.05, 0) is 42.7 Å². The third-order valence-corrected chi connectivity index (χ3v) is 3.34. The first-order chi connectivity index (χ1) is 10.2. The molecular weight excluding hydrogens is 276 g/mol. The number of nitrogens with zero attached hydrogens (tertiary/aromatic N) is 2. The Hall–Kier alpha value is -2.10. The van der Waals surface area contributed by atoms with Gasteiger partial charge in [-0.2, -0.15) is 0 Å². The van der Waals surface area contributed by atoms with Crippen LogP contribution in [-0.4, -0.2) is 36.9 Å². The highest BCUT2D eigenvalue weighted by molar-refractivity contribution is 6.01. The zero-order chi connectivity index (χ0) is 16.9. The Kier molecular flexibility index (Phi) is 5.92. The maximum Gasteiger partial charge on any atom is 0.253 e. The molecule has 22 heavy (non-hydrogen) atoms. The van der Waals surface area contributed by atoms with E-state index in [2.05, 4.69) is 27.4 Å². The fraction of sp³-hybridized carbons (Fsp3) is 0.444. The highest BCUT2D eigenvalue weighted by Gasteiger charge is 2.21. The SMILES string of the molecule is C=CC(=O)N(C)c1ccc(C(=O)N(CC)CC(C)(C)C)cc1. The molecule has 0 saturated heterocycles. The molecule has 2 amide bonds. The number of hydrogen-bond donors (Lipinski definition) is 0. The maximum absolute atomic E-state index is 12.6. The van der Waals surface area contributed by atoms with Crippen LogP contribution in [-0.2, 0) is 4.79 Å². The van der Waals surface area contributed by atoms with Crippen molar-refractivity contribution >= 4 is 17.5 Å². The van der Waals surface area contributed by atoms with Crippen molar-refractivity contribution in [2.45, 2.75) is 27.7 Å². The summed E-state index contributed by atoms with van der Waals surface area (Å²) < 4.78 is 0. The van der Waals surface area contributed by atoms with Gasteiger partial charge < -0.3 is 9.80 Å². The molecule has 0 aromatic heterocycles. The first-order valence-corrected chi connectivity index (χ1v) is 7.49. The van der Waals surface area contributed by atoms with Crippen molar-refractivity contribution in [2.24, 2.45) is 5.41 Å². The van der Waals surface area contributed by atoms with Crippen LogP contribution in [0.5, 0.6) is 0 Å². The predicted octanol–water partition coefficient (Wildman–Crippen LogP) is 3.34. The number of carbonyl (C=O) groups is 2. The third-order valence-electron chi connectivity index (χ3n) is 3.34. The minimum absolute atomic E-state index is 0.0154. The Morgan fingerprint density at radius 3 is 2.14 bits per heavy atom. The fourth-order valence-corrected chi connectivity index (χ4v) is 2.17. The van der Waals surface area contributed by atoms with Gasteiger partial charge in [0, 0.05) is 31.4 Å². The number of amides is 2. The predicted molar refractivity (Wildman–Crippen MR) is 91.1 cm³/mol. The third kappa shape index (κ3) is 4.72. The zero-order valence-corrected chi connectivity index (χ0v) is 14.2. The molecule has 1 aromatic rings. The summed E-state index contributed by atoms with van der Waals surface area (Å²) in [5.41, 5.74) is 1.43. The molecule has 120 valence electrons. The van der Waals surface area contributed by atoms with Crippen LogP contribution in [0.2, 0.25) is 0 Å². The summed E-state index contributed by atoms with van der Waals surface area (Å²) >= 11 is 0. The number of likely N-dealkylation sites (N-methyl/N-ethyl adjacent to an activating group) is 1. The summed E-state index contributed by atoms with van der Waals surface area (Å²) in [5, 5.41) is 0. The molecule has 0 radical (unpaired) electrons. The van der Waals surface area contributed by atoms with Crippen molar-refractivity contribution in [3.05, 3.63) is 42.5 Å². The molecule has 0 atom stereocenters. The zero-order valence-electron chi connectivity index (χ0n) is 14.2. The van der Waals surface area contributed by atoms with Crippen molar-refractivity contribution in [3.8, 4) is 0 Å². The Morgan fingerprint density at radius 1 is 1.18 bits per heavy atom. The van der Waals surface area contributed by atoms with E-state index in [0.29, 0.717) is 18.7 Å². The molecule has 1 rings (SSSR count). The minimum atomic E-state index is -0.179. The molecule has 0 saturated carbocycles. The second-order valence-electron chi connectivity index (χ2n) is 6.53. The molecule has 4 nitrogen and oxygen atoms in total. The van der Waals surface area contributed by atoms with Crippen molar-refractivity contribution < 1.29 is 9.59 Å². The van der Waals surface area contributed by atoms with Crippen LogP contribution in [0, 0.1) is 5.41 Å². The lowest BCUT2D eigenvalue weighted by atomic mass is 9.95. The summed E-state index contributed by atoms with van der Waals surface area (Å²) in [6.45, 7) is 13.2. The van der Waals surface area contributed by atoms with Gasteiger partial charge in [-0.1, -0.05) is 27.4 Å². The number of hydrogen-bond acceptors (Lipinski definition) is 2. The fourth-order valence-electron chi connectivity index (χ4n) is 2.17. The molecule has 0 aliphatic carbocycles. The van der Waals surface area contributed by atoms with Gasteiger partial charge in [-0.25, -0.2) is 0 Å². The molecule has 0 unspecified atom stereocenters. The summed E-state index contributed by atoms with van der Waals surface area (Å²) in [5.74, 6) is -0.163. The van der Waals surface area contributed by atoms with Gasteiger partial charge in [0.15, 0.2) is 0 Å². The Bertz CT molecular complexity index is 541. The lowest BCUT2D eigenvalue weighted by molar-refractivity contribution is -0.113. The Labute approximate surface area is 133 Å². The van der Waals surface area contributed by atoms with E-state index in [1.165, 1.54) is 11.0 Å². The summed E-state index contributed by atoms with van der Waals surface area (Å²) in [6.07, 6.45) is 1.27. The lowest BCUT2D eigenvalue weighted by Gasteiger charge is -2.29. The van der Waals surface area contributed by atoms with E-state index in [1.807, 2.05) is 11.8 Å². The molecule has 0 fully saturated rings. The maximum atomic E-state index is 12.6. The quantitative estimate of drug-likeness (QED) is 0.783. The van der Waals surface area contributed by atoms with Gasteiger partial charge in [0.1, 0.15) is 0 Å². The summed E-state index contributed by atoms with van der Waals surface area (Å²) in [6, 6.07) is 7.07. The largest absolute Gasteiger partial charge is 0.338 e. The second-order valence-corrected chi connectivity index (χ2v) is 6.53. The van der Waals surface area contributed by atoms with Gasteiger partial charge in [0.2, 0.25) is 5.91 Å². The average Bonchev–Trinajstić information content (AvgIpc) is 2.49. The van der Waals surface area contributed by atoms with Gasteiger partial charge >= 0.3 is 0 Å². The number of anilines is 1. The standard InChI is InChI=1S/C18H26N2O2/c1-7-16(21)19(6)15-11-9-14(10-12-15)17(22)20(8-2)13-18(3,4)5/h7,9-12H,1,8,13H2,2-6H3. The van der Waals surface area contributed by atoms with E-state index >= 15 is 0 Å². The first kappa shape index (κ1) is 18.0. The molecule has 0 N–H and O–H groups in total. The van der Waals surface area contributed by atoms with Gasteiger partial charge in [0.25, 0.3) is 5.91 Å². The van der Waals surface area contributed by atoms with E-state index in [1.54, 1.807) is 31.3 Å². The first-order valence-electron chi connectivity index (χ1n) is 7.49. The molecule has 0 bridgehead atoms. The van der Waals surface area contributed by atoms with Crippen LogP contribution < -0.4 is 4.90 Å². The highest BCUT2D eigenvalue weighted by atomic mass is 16.2. The molecule has 0 heterocycles. The van der Waals surface area contributed by atoms with E-state index in [-0.39, 0.29) is 17.2 Å². The number of carbonyl (C=O) groups excluding carboxylic acids is 2. The second kappa shape index (κ2) is 7.25. The van der Waals surface area contributed by atoms with Crippen LogP contribution in [0.3, 0.4) is 0 Å². The molecule has 0 aliphatic rings.